The van der Waals surface area contributed by atoms with Gasteiger partial charge in [0.05, 0.1) is 6.04 Å². The summed E-state index contributed by atoms with van der Waals surface area (Å²) in [5.41, 5.74) is 0.333. The smallest absolute Gasteiger partial charge is 0.237 e. The molecule has 1 fully saturated rings. The van der Waals surface area contributed by atoms with Crippen LogP contribution in [0.4, 0.5) is 0 Å². The second-order valence-corrected chi connectivity index (χ2v) is 5.77. The van der Waals surface area contributed by atoms with Crippen LogP contribution in [-0.2, 0) is 4.79 Å². The van der Waals surface area contributed by atoms with Crippen LogP contribution in [0.3, 0.4) is 0 Å². The normalized spacial score (nSPS) is 18.7. The molecule has 0 aromatic carbocycles. The van der Waals surface area contributed by atoms with Crippen molar-refractivity contribution >= 4 is 5.91 Å². The van der Waals surface area contributed by atoms with Crippen molar-refractivity contribution in [1.82, 2.24) is 10.6 Å². The van der Waals surface area contributed by atoms with Gasteiger partial charge in [-0.2, -0.15) is 0 Å². The fraction of sp³-hybridized carbons (Fsp3) is 0.917. The van der Waals surface area contributed by atoms with E-state index in [4.69, 9.17) is 0 Å². The molecule has 1 atom stereocenters. The Kier molecular flexibility index (Phi) is 4.14. The quantitative estimate of drug-likeness (QED) is 0.728. The number of carbonyl (C=O) groups is 1. The number of carbonyl (C=O) groups excluding carboxylic acids is 1. The molecule has 0 spiro atoms. The molecular weight excluding hydrogens is 188 g/mol. The van der Waals surface area contributed by atoms with Crippen LogP contribution in [0, 0.1) is 5.41 Å². The molecule has 88 valence electrons. The van der Waals surface area contributed by atoms with Crippen molar-refractivity contribution in [2.45, 2.75) is 59.0 Å². The average Bonchev–Trinajstić information content (AvgIpc) is 2.85. The van der Waals surface area contributed by atoms with Crippen LogP contribution in [0.25, 0.3) is 0 Å². The van der Waals surface area contributed by atoms with Crippen molar-refractivity contribution in [3.05, 3.63) is 0 Å². The van der Waals surface area contributed by atoms with E-state index in [1.54, 1.807) is 0 Å². The van der Waals surface area contributed by atoms with E-state index in [-0.39, 0.29) is 11.9 Å². The predicted molar refractivity (Wildman–Crippen MR) is 62.7 cm³/mol. The Morgan fingerprint density at radius 1 is 1.40 bits per heavy atom. The first-order valence-corrected chi connectivity index (χ1v) is 5.92. The van der Waals surface area contributed by atoms with Gasteiger partial charge < -0.3 is 10.6 Å². The lowest BCUT2D eigenvalue weighted by atomic mass is 9.92. The highest BCUT2D eigenvalue weighted by atomic mass is 16.2. The number of rotatable bonds is 5. The zero-order chi connectivity index (χ0) is 11.5. The Morgan fingerprint density at radius 2 is 2.00 bits per heavy atom. The number of nitrogens with one attached hydrogen (secondary N) is 2. The lowest BCUT2D eigenvalue weighted by Crippen LogP contribution is -2.43. The first-order chi connectivity index (χ1) is 6.88. The van der Waals surface area contributed by atoms with E-state index in [9.17, 15) is 4.79 Å². The number of hydrogen-bond acceptors (Lipinski definition) is 2. The lowest BCUT2D eigenvalue weighted by Gasteiger charge is -2.20. The highest BCUT2D eigenvalue weighted by Gasteiger charge is 2.25. The van der Waals surface area contributed by atoms with Crippen LogP contribution >= 0.6 is 0 Å². The molecule has 0 radical (unpaired) electrons. The second kappa shape index (κ2) is 4.97. The minimum absolute atomic E-state index is 0.0621. The van der Waals surface area contributed by atoms with Crippen molar-refractivity contribution in [2.24, 2.45) is 5.41 Å². The van der Waals surface area contributed by atoms with Gasteiger partial charge >= 0.3 is 0 Å². The van der Waals surface area contributed by atoms with E-state index in [0.29, 0.717) is 11.5 Å². The molecule has 1 unspecified atom stereocenters. The summed E-state index contributed by atoms with van der Waals surface area (Å²) in [6.07, 6.45) is 3.40. The lowest BCUT2D eigenvalue weighted by molar-refractivity contribution is -0.122. The Bertz CT molecular complexity index is 216. The van der Waals surface area contributed by atoms with Gasteiger partial charge in [-0.25, -0.2) is 0 Å². The number of hydrogen-bond donors (Lipinski definition) is 2. The van der Waals surface area contributed by atoms with E-state index >= 15 is 0 Å². The van der Waals surface area contributed by atoms with Gasteiger partial charge in [0.25, 0.3) is 0 Å². The Labute approximate surface area is 93.0 Å². The molecule has 3 heteroatoms. The minimum Gasteiger partial charge on any atom is -0.352 e. The molecule has 0 saturated heterocycles. The van der Waals surface area contributed by atoms with Gasteiger partial charge in [-0.3, -0.25) is 4.79 Å². The van der Waals surface area contributed by atoms with Crippen molar-refractivity contribution in [3.8, 4) is 0 Å². The maximum absolute atomic E-state index is 11.6. The summed E-state index contributed by atoms with van der Waals surface area (Å²) >= 11 is 0. The maximum atomic E-state index is 11.6. The van der Waals surface area contributed by atoms with Gasteiger partial charge in [0, 0.05) is 6.04 Å². The highest BCUT2D eigenvalue weighted by Crippen LogP contribution is 2.19. The van der Waals surface area contributed by atoms with Gasteiger partial charge in [0.15, 0.2) is 0 Å². The van der Waals surface area contributed by atoms with Crippen LogP contribution in [0.2, 0.25) is 0 Å². The molecule has 1 aliphatic rings. The fourth-order valence-corrected chi connectivity index (χ4v) is 1.31. The summed E-state index contributed by atoms with van der Waals surface area (Å²) in [5, 5.41) is 6.26. The van der Waals surface area contributed by atoms with Crippen molar-refractivity contribution < 1.29 is 4.79 Å². The maximum Gasteiger partial charge on any atom is 0.237 e. The van der Waals surface area contributed by atoms with Crippen LogP contribution < -0.4 is 10.6 Å². The SMILES string of the molecule is CC(NCCC(C)(C)C)C(=O)NC1CC1. The largest absolute Gasteiger partial charge is 0.352 e. The summed E-state index contributed by atoms with van der Waals surface area (Å²) in [5.74, 6) is 0.145. The molecule has 0 heterocycles. The molecule has 0 aromatic rings. The highest BCUT2D eigenvalue weighted by molar-refractivity contribution is 5.81. The molecule has 2 N–H and O–H groups in total. The summed E-state index contributed by atoms with van der Waals surface area (Å²) in [4.78, 5) is 11.6. The van der Waals surface area contributed by atoms with Crippen LogP contribution in [0.5, 0.6) is 0 Å². The van der Waals surface area contributed by atoms with E-state index in [0.717, 1.165) is 25.8 Å². The monoisotopic (exact) mass is 212 g/mol. The van der Waals surface area contributed by atoms with E-state index < -0.39 is 0 Å². The van der Waals surface area contributed by atoms with Crippen LogP contribution in [0.1, 0.15) is 47.0 Å². The topological polar surface area (TPSA) is 41.1 Å². The third-order valence-corrected chi connectivity index (χ3v) is 2.64. The van der Waals surface area contributed by atoms with Gasteiger partial charge in [0.2, 0.25) is 5.91 Å². The fourth-order valence-electron chi connectivity index (χ4n) is 1.31. The van der Waals surface area contributed by atoms with E-state index in [1.807, 2.05) is 6.92 Å². The molecule has 3 nitrogen and oxygen atoms in total. The van der Waals surface area contributed by atoms with E-state index in [1.165, 1.54) is 0 Å². The molecule has 0 aliphatic heterocycles. The third kappa shape index (κ3) is 5.78. The Balaban J connectivity index is 2.11. The molecule has 1 aliphatic carbocycles. The molecular formula is C12H24N2O. The summed E-state index contributed by atoms with van der Waals surface area (Å²) in [6, 6.07) is 0.400. The molecule has 1 amide bonds. The summed E-state index contributed by atoms with van der Waals surface area (Å²) in [7, 11) is 0. The van der Waals surface area contributed by atoms with Crippen molar-refractivity contribution in [1.29, 1.82) is 0 Å². The van der Waals surface area contributed by atoms with Crippen LogP contribution in [-0.4, -0.2) is 24.5 Å². The van der Waals surface area contributed by atoms with Gasteiger partial charge in [0.1, 0.15) is 0 Å². The zero-order valence-corrected chi connectivity index (χ0v) is 10.4. The second-order valence-electron chi connectivity index (χ2n) is 5.77. The minimum atomic E-state index is -0.0621. The molecule has 0 bridgehead atoms. The standard InChI is InChI=1S/C12H24N2O/c1-9(11(15)14-10-5-6-10)13-8-7-12(2,3)4/h9-10,13H,5-8H2,1-4H3,(H,14,15). The first kappa shape index (κ1) is 12.5. The molecule has 15 heavy (non-hydrogen) atoms. The summed E-state index contributed by atoms with van der Waals surface area (Å²) in [6.45, 7) is 9.47. The molecule has 1 saturated carbocycles. The van der Waals surface area contributed by atoms with Crippen LogP contribution in [0.15, 0.2) is 0 Å². The Hall–Kier alpha value is -0.570. The number of amides is 1. The van der Waals surface area contributed by atoms with E-state index in [2.05, 4.69) is 31.4 Å². The molecule has 0 aromatic heterocycles. The zero-order valence-electron chi connectivity index (χ0n) is 10.4. The molecule has 1 rings (SSSR count). The van der Waals surface area contributed by atoms with Crippen molar-refractivity contribution in [3.63, 3.8) is 0 Å². The van der Waals surface area contributed by atoms with Crippen molar-refractivity contribution in [2.75, 3.05) is 6.54 Å². The summed E-state index contributed by atoms with van der Waals surface area (Å²) < 4.78 is 0. The third-order valence-electron chi connectivity index (χ3n) is 2.64. The van der Waals surface area contributed by atoms with Gasteiger partial charge in [-0.15, -0.1) is 0 Å². The van der Waals surface area contributed by atoms with Gasteiger partial charge in [-0.1, -0.05) is 20.8 Å². The van der Waals surface area contributed by atoms with Gasteiger partial charge in [-0.05, 0) is 38.1 Å². The average molecular weight is 212 g/mol. The first-order valence-electron chi connectivity index (χ1n) is 5.92. The Morgan fingerprint density at radius 3 is 2.47 bits per heavy atom. The predicted octanol–water partition coefficient (Wildman–Crippen LogP) is 1.68.